The van der Waals surface area contributed by atoms with Crippen molar-refractivity contribution >= 4 is 5.91 Å². The van der Waals surface area contributed by atoms with Crippen LogP contribution in [0.5, 0.6) is 0 Å². The number of aryl methyl sites for hydroxylation is 1. The number of nitriles is 1. The Morgan fingerprint density at radius 1 is 1.75 bits per heavy atom. The lowest BCUT2D eigenvalue weighted by molar-refractivity contribution is 0.0922. The Morgan fingerprint density at radius 3 is 2.75 bits per heavy atom. The first-order valence-electron chi connectivity index (χ1n) is 5.16. The van der Waals surface area contributed by atoms with Crippen LogP contribution in [0.15, 0.2) is 6.20 Å². The zero-order chi connectivity index (χ0) is 12.3. The normalized spacial score (nSPS) is 13.9. The Hall–Kier alpha value is -1.83. The van der Waals surface area contributed by atoms with Gasteiger partial charge in [0.25, 0.3) is 5.91 Å². The van der Waals surface area contributed by atoms with Crippen LogP contribution in [0.1, 0.15) is 36.3 Å². The van der Waals surface area contributed by atoms with E-state index in [-0.39, 0.29) is 5.91 Å². The SMILES string of the molecule is CCC(C)(C#N)NC(=O)c1cnn(C)c1C. The van der Waals surface area contributed by atoms with Crippen molar-refractivity contribution in [3.05, 3.63) is 17.5 Å². The number of carbonyl (C=O) groups excluding carboxylic acids is 1. The van der Waals surface area contributed by atoms with E-state index in [9.17, 15) is 4.79 Å². The summed E-state index contributed by atoms with van der Waals surface area (Å²) in [6, 6.07) is 2.10. The van der Waals surface area contributed by atoms with Crippen molar-refractivity contribution in [3.63, 3.8) is 0 Å². The van der Waals surface area contributed by atoms with Crippen LogP contribution < -0.4 is 5.32 Å². The minimum absolute atomic E-state index is 0.253. The summed E-state index contributed by atoms with van der Waals surface area (Å²) in [5.74, 6) is -0.253. The van der Waals surface area contributed by atoms with E-state index in [0.717, 1.165) is 5.69 Å². The highest BCUT2D eigenvalue weighted by Crippen LogP contribution is 2.11. The minimum atomic E-state index is -0.820. The van der Waals surface area contributed by atoms with Crippen LogP contribution in [0, 0.1) is 18.3 Å². The maximum absolute atomic E-state index is 11.9. The van der Waals surface area contributed by atoms with E-state index in [1.54, 1.807) is 18.7 Å². The number of nitrogens with one attached hydrogen (secondary N) is 1. The fourth-order valence-electron chi connectivity index (χ4n) is 1.23. The van der Waals surface area contributed by atoms with E-state index in [1.165, 1.54) is 6.20 Å². The topological polar surface area (TPSA) is 70.7 Å². The minimum Gasteiger partial charge on any atom is -0.334 e. The highest BCUT2D eigenvalue weighted by Gasteiger charge is 2.25. The molecule has 5 heteroatoms. The molecule has 1 rings (SSSR count). The molecule has 0 saturated heterocycles. The van der Waals surface area contributed by atoms with Gasteiger partial charge in [0.1, 0.15) is 5.54 Å². The molecule has 0 saturated carbocycles. The highest BCUT2D eigenvalue weighted by molar-refractivity contribution is 5.95. The first-order valence-corrected chi connectivity index (χ1v) is 5.16. The summed E-state index contributed by atoms with van der Waals surface area (Å²) in [4.78, 5) is 11.9. The Morgan fingerprint density at radius 2 is 2.38 bits per heavy atom. The second kappa shape index (κ2) is 4.35. The molecule has 1 atom stereocenters. The van der Waals surface area contributed by atoms with E-state index in [0.29, 0.717) is 12.0 Å². The fraction of sp³-hybridized carbons (Fsp3) is 0.545. The third-order valence-electron chi connectivity index (χ3n) is 2.82. The van der Waals surface area contributed by atoms with Crippen LogP contribution in [0.3, 0.4) is 0 Å². The molecule has 0 aliphatic heterocycles. The second-order valence-corrected chi connectivity index (χ2v) is 4.02. The third kappa shape index (κ3) is 2.22. The second-order valence-electron chi connectivity index (χ2n) is 4.02. The maximum Gasteiger partial charge on any atom is 0.255 e. The van der Waals surface area contributed by atoms with Crippen LogP contribution >= 0.6 is 0 Å². The van der Waals surface area contributed by atoms with Gasteiger partial charge in [0.2, 0.25) is 0 Å². The summed E-state index contributed by atoms with van der Waals surface area (Å²) in [5, 5.41) is 15.7. The standard InChI is InChI=1S/C11H16N4O/c1-5-11(3,7-12)14-10(16)9-6-13-15(4)8(9)2/h6H,5H2,1-4H3,(H,14,16). The van der Waals surface area contributed by atoms with Crippen molar-refractivity contribution < 1.29 is 4.79 Å². The van der Waals surface area contributed by atoms with Gasteiger partial charge in [-0.2, -0.15) is 10.4 Å². The average Bonchev–Trinajstić information content (AvgIpc) is 2.59. The fourth-order valence-corrected chi connectivity index (χ4v) is 1.23. The quantitative estimate of drug-likeness (QED) is 0.830. The molecular formula is C11H16N4O. The zero-order valence-electron chi connectivity index (χ0n) is 10.0. The number of hydrogen-bond acceptors (Lipinski definition) is 3. The van der Waals surface area contributed by atoms with Crippen LogP contribution in [0.4, 0.5) is 0 Å². The van der Waals surface area contributed by atoms with Crippen molar-refractivity contribution in [2.75, 3.05) is 0 Å². The Kier molecular flexibility index (Phi) is 3.33. The van der Waals surface area contributed by atoms with Crippen molar-refractivity contribution in [2.24, 2.45) is 7.05 Å². The van der Waals surface area contributed by atoms with Gasteiger partial charge in [-0.3, -0.25) is 9.48 Å². The summed E-state index contributed by atoms with van der Waals surface area (Å²) in [6.07, 6.45) is 2.08. The van der Waals surface area contributed by atoms with Crippen molar-refractivity contribution in [1.82, 2.24) is 15.1 Å². The van der Waals surface area contributed by atoms with Gasteiger partial charge in [0, 0.05) is 12.7 Å². The lowest BCUT2D eigenvalue weighted by Crippen LogP contribution is -2.44. The summed E-state index contributed by atoms with van der Waals surface area (Å²) in [7, 11) is 1.77. The molecule has 1 amide bonds. The van der Waals surface area contributed by atoms with E-state index >= 15 is 0 Å². The summed E-state index contributed by atoms with van der Waals surface area (Å²) >= 11 is 0. The predicted octanol–water partition coefficient (Wildman–Crippen LogP) is 1.15. The largest absolute Gasteiger partial charge is 0.334 e. The van der Waals surface area contributed by atoms with Crippen LogP contribution in [-0.4, -0.2) is 21.2 Å². The van der Waals surface area contributed by atoms with Gasteiger partial charge in [-0.25, -0.2) is 0 Å². The first-order chi connectivity index (χ1) is 7.43. The van der Waals surface area contributed by atoms with Crippen molar-refractivity contribution in [2.45, 2.75) is 32.7 Å². The number of nitrogens with zero attached hydrogens (tertiary/aromatic N) is 3. The molecule has 0 radical (unpaired) electrons. The van der Waals surface area contributed by atoms with Gasteiger partial charge in [-0.15, -0.1) is 0 Å². The Labute approximate surface area is 95.1 Å². The molecule has 0 spiro atoms. The molecule has 0 aliphatic carbocycles. The molecule has 1 aromatic rings. The molecule has 1 heterocycles. The van der Waals surface area contributed by atoms with E-state index in [1.807, 2.05) is 13.8 Å². The average molecular weight is 220 g/mol. The number of carbonyl (C=O) groups is 1. The van der Waals surface area contributed by atoms with Gasteiger partial charge >= 0.3 is 0 Å². The van der Waals surface area contributed by atoms with Crippen molar-refractivity contribution in [3.8, 4) is 6.07 Å². The van der Waals surface area contributed by atoms with Gasteiger partial charge in [0.15, 0.2) is 0 Å². The molecular weight excluding hydrogens is 204 g/mol. The van der Waals surface area contributed by atoms with Crippen molar-refractivity contribution in [1.29, 1.82) is 5.26 Å². The number of amides is 1. The molecule has 5 nitrogen and oxygen atoms in total. The number of aromatic nitrogens is 2. The lowest BCUT2D eigenvalue weighted by Gasteiger charge is -2.20. The van der Waals surface area contributed by atoms with Gasteiger partial charge in [-0.05, 0) is 20.3 Å². The highest BCUT2D eigenvalue weighted by atomic mass is 16.1. The van der Waals surface area contributed by atoms with E-state index in [2.05, 4.69) is 16.5 Å². The van der Waals surface area contributed by atoms with Gasteiger partial charge < -0.3 is 5.32 Å². The first kappa shape index (κ1) is 12.2. The maximum atomic E-state index is 11.9. The third-order valence-corrected chi connectivity index (χ3v) is 2.82. The predicted molar refractivity (Wildman–Crippen MR) is 59.7 cm³/mol. The number of rotatable bonds is 3. The molecule has 86 valence electrons. The number of hydrogen-bond donors (Lipinski definition) is 1. The molecule has 1 unspecified atom stereocenters. The van der Waals surface area contributed by atoms with Crippen LogP contribution in [0.2, 0.25) is 0 Å². The Balaban J connectivity index is 2.89. The molecule has 1 aromatic heterocycles. The molecule has 0 fully saturated rings. The molecule has 0 aliphatic rings. The summed E-state index contributed by atoms with van der Waals surface area (Å²) < 4.78 is 1.63. The molecule has 0 bridgehead atoms. The van der Waals surface area contributed by atoms with E-state index in [4.69, 9.17) is 5.26 Å². The molecule has 16 heavy (non-hydrogen) atoms. The van der Waals surface area contributed by atoms with Gasteiger partial charge in [0.05, 0.1) is 17.8 Å². The monoisotopic (exact) mass is 220 g/mol. The molecule has 0 aromatic carbocycles. The molecule has 1 N–H and O–H groups in total. The van der Waals surface area contributed by atoms with Crippen LogP contribution in [-0.2, 0) is 7.05 Å². The summed E-state index contributed by atoms with van der Waals surface area (Å²) in [5.41, 5.74) is 0.477. The Bertz CT molecular complexity index is 443. The zero-order valence-corrected chi connectivity index (χ0v) is 10.0. The van der Waals surface area contributed by atoms with Crippen LogP contribution in [0.25, 0.3) is 0 Å². The lowest BCUT2D eigenvalue weighted by atomic mass is 10.0. The van der Waals surface area contributed by atoms with Gasteiger partial charge in [-0.1, -0.05) is 6.92 Å². The van der Waals surface area contributed by atoms with E-state index < -0.39 is 5.54 Å². The summed E-state index contributed by atoms with van der Waals surface area (Å²) in [6.45, 7) is 5.38. The smallest absolute Gasteiger partial charge is 0.255 e.